The number of thiazole rings is 1. The summed E-state index contributed by atoms with van der Waals surface area (Å²) in [5.74, 6) is 0.302. The summed E-state index contributed by atoms with van der Waals surface area (Å²) in [6.07, 6.45) is 3.11. The molecule has 0 spiro atoms. The Morgan fingerprint density at radius 2 is 1.71 bits per heavy atom. The molecular weight excluding hydrogens is 767 g/mol. The summed E-state index contributed by atoms with van der Waals surface area (Å²) in [5.41, 5.74) is 4.36. The van der Waals surface area contributed by atoms with Gasteiger partial charge in [-0.15, -0.1) is 0 Å². The number of aliphatic hydroxyl groups is 1. The first-order chi connectivity index (χ1) is 28.3. The highest BCUT2D eigenvalue weighted by molar-refractivity contribution is 7.22. The van der Waals surface area contributed by atoms with Crippen LogP contribution in [0.1, 0.15) is 90.9 Å². The molecular formula is C46H53N5O7S. The zero-order valence-electron chi connectivity index (χ0n) is 34.5. The molecule has 0 aliphatic carbocycles. The van der Waals surface area contributed by atoms with Gasteiger partial charge >= 0.3 is 11.9 Å². The third-order valence-corrected chi connectivity index (χ3v) is 11.8. The molecule has 1 saturated heterocycles. The van der Waals surface area contributed by atoms with E-state index >= 15 is 0 Å². The van der Waals surface area contributed by atoms with Gasteiger partial charge in [-0.25, -0.2) is 14.8 Å². The molecule has 0 radical (unpaired) electrons. The van der Waals surface area contributed by atoms with Gasteiger partial charge in [0, 0.05) is 37.3 Å². The molecule has 310 valence electrons. The third kappa shape index (κ3) is 10.1. The van der Waals surface area contributed by atoms with Gasteiger partial charge in [-0.3, -0.25) is 19.8 Å². The van der Waals surface area contributed by atoms with E-state index in [1.807, 2.05) is 99.3 Å². The topological polar surface area (TPSA) is 143 Å². The number of piperidine rings is 1. The molecule has 2 aliphatic heterocycles. The quantitative estimate of drug-likeness (QED) is 0.0882. The number of esters is 2. The maximum Gasteiger partial charge on any atom is 0.358 e. The number of hydrogen-bond acceptors (Lipinski definition) is 12. The van der Waals surface area contributed by atoms with E-state index in [-0.39, 0.29) is 24.1 Å². The first-order valence-corrected chi connectivity index (χ1v) is 21.2. The Bertz CT molecular complexity index is 2300. The lowest BCUT2D eigenvalue weighted by molar-refractivity contribution is -0.145. The van der Waals surface area contributed by atoms with Gasteiger partial charge in [0.05, 0.1) is 35.6 Å². The van der Waals surface area contributed by atoms with E-state index in [0.29, 0.717) is 99.3 Å². The molecule has 1 fully saturated rings. The van der Waals surface area contributed by atoms with E-state index in [2.05, 4.69) is 21.3 Å². The van der Waals surface area contributed by atoms with Crippen LogP contribution < -0.4 is 15.0 Å². The van der Waals surface area contributed by atoms with Crippen molar-refractivity contribution >= 4 is 50.3 Å². The molecule has 7 rings (SSSR count). The van der Waals surface area contributed by atoms with Gasteiger partial charge in [0.1, 0.15) is 17.2 Å². The van der Waals surface area contributed by atoms with E-state index < -0.39 is 17.2 Å². The van der Waals surface area contributed by atoms with Gasteiger partial charge in [-0.05, 0) is 125 Å². The smallest absolute Gasteiger partial charge is 0.358 e. The highest BCUT2D eigenvalue weighted by Gasteiger charge is 2.33. The SMILES string of the molecule is CCOC(=O)CN1CCC(O)(CCCOc2cccc(-c3ccc(N4CCc5cccc(C(=O)Nc6nc7ccccc7s6)c5C4)nc3C(=O)OC(C)(C)C)c2C)CC1. The summed E-state index contributed by atoms with van der Waals surface area (Å²) in [7, 11) is 0. The lowest BCUT2D eigenvalue weighted by Crippen LogP contribution is -2.46. The number of benzene rings is 3. The summed E-state index contributed by atoms with van der Waals surface area (Å²) in [6.45, 7) is 12.6. The van der Waals surface area contributed by atoms with Crippen LogP contribution in [-0.2, 0) is 27.2 Å². The number of aromatic nitrogens is 2. The Labute approximate surface area is 349 Å². The molecule has 2 aromatic heterocycles. The molecule has 2 aliphatic rings. The van der Waals surface area contributed by atoms with Crippen molar-refractivity contribution in [3.05, 3.63) is 101 Å². The van der Waals surface area contributed by atoms with Crippen molar-refractivity contribution in [2.24, 2.45) is 0 Å². The number of amides is 1. The standard InChI is InChI=1S/C46H53N5O7S/c1-6-56-40(52)29-50-25-22-46(55,23-26-50)21-11-27-57-37-16-10-13-32(30(37)2)33-18-19-39(48-41(33)43(54)58-45(3,4)5)51-24-20-31-12-9-14-34(35(31)28-51)42(53)49-44-47-36-15-7-8-17-38(36)59-44/h7-10,12-19,55H,6,11,20-29H2,1-5H3,(H,47,49,53). The van der Waals surface area contributed by atoms with Crippen LogP contribution in [-0.4, -0.2) is 88.4 Å². The van der Waals surface area contributed by atoms with Crippen LogP contribution in [0, 0.1) is 6.92 Å². The van der Waals surface area contributed by atoms with Crippen LogP contribution in [0.2, 0.25) is 0 Å². The van der Waals surface area contributed by atoms with E-state index in [1.54, 1.807) is 6.92 Å². The van der Waals surface area contributed by atoms with E-state index in [1.165, 1.54) is 11.3 Å². The second-order valence-corrected chi connectivity index (χ2v) is 17.3. The molecule has 0 saturated carbocycles. The number of para-hydroxylation sites is 1. The number of rotatable bonds is 13. The number of anilines is 2. The van der Waals surface area contributed by atoms with Crippen molar-refractivity contribution in [1.82, 2.24) is 14.9 Å². The number of carbonyl (C=O) groups is 3. The van der Waals surface area contributed by atoms with Crippen molar-refractivity contribution in [2.75, 3.05) is 49.6 Å². The summed E-state index contributed by atoms with van der Waals surface area (Å²) < 4.78 is 18.3. The zero-order valence-corrected chi connectivity index (χ0v) is 35.3. The molecule has 59 heavy (non-hydrogen) atoms. The number of nitrogens with zero attached hydrogens (tertiary/aromatic N) is 4. The Hall–Kier alpha value is -5.37. The van der Waals surface area contributed by atoms with Crippen molar-refractivity contribution in [1.29, 1.82) is 0 Å². The maximum atomic E-state index is 13.9. The summed E-state index contributed by atoms with van der Waals surface area (Å²) in [6, 6.07) is 23.2. The number of carbonyl (C=O) groups excluding carboxylic acids is 3. The van der Waals surface area contributed by atoms with Crippen molar-refractivity contribution in [2.45, 2.75) is 84.5 Å². The molecule has 4 heterocycles. The number of nitrogens with one attached hydrogen (secondary N) is 1. The summed E-state index contributed by atoms with van der Waals surface area (Å²) >= 11 is 1.44. The Kier molecular flexibility index (Phi) is 12.6. The van der Waals surface area contributed by atoms with Gasteiger partial charge in [0.25, 0.3) is 5.91 Å². The average molecular weight is 820 g/mol. The Morgan fingerprint density at radius 1 is 0.932 bits per heavy atom. The highest BCUT2D eigenvalue weighted by atomic mass is 32.1. The number of pyridine rings is 1. The molecule has 0 atom stereocenters. The average Bonchev–Trinajstić information content (AvgIpc) is 3.62. The minimum Gasteiger partial charge on any atom is -0.493 e. The second kappa shape index (κ2) is 17.9. The zero-order chi connectivity index (χ0) is 41.7. The molecule has 0 unspecified atom stereocenters. The van der Waals surface area contributed by atoms with Gasteiger partial charge in [-0.1, -0.05) is 47.7 Å². The fraction of sp³-hybridized carbons (Fsp3) is 0.413. The van der Waals surface area contributed by atoms with Crippen LogP contribution in [0.15, 0.2) is 72.8 Å². The van der Waals surface area contributed by atoms with Crippen LogP contribution >= 0.6 is 11.3 Å². The Morgan fingerprint density at radius 3 is 2.47 bits per heavy atom. The monoisotopic (exact) mass is 819 g/mol. The maximum absolute atomic E-state index is 13.9. The predicted octanol–water partition coefficient (Wildman–Crippen LogP) is 7.99. The highest BCUT2D eigenvalue weighted by Crippen LogP contribution is 2.36. The Balaban J connectivity index is 1.06. The summed E-state index contributed by atoms with van der Waals surface area (Å²) in [4.78, 5) is 53.2. The number of likely N-dealkylation sites (tertiary alicyclic amines) is 1. The fourth-order valence-electron chi connectivity index (χ4n) is 7.82. The normalized spacial score (nSPS) is 15.4. The van der Waals surface area contributed by atoms with Gasteiger partial charge in [0.15, 0.2) is 10.8 Å². The van der Waals surface area contributed by atoms with E-state index in [0.717, 1.165) is 32.5 Å². The van der Waals surface area contributed by atoms with Crippen molar-refractivity contribution in [3.63, 3.8) is 0 Å². The number of hydrogen-bond donors (Lipinski definition) is 2. The number of fused-ring (bicyclic) bond motifs is 2. The van der Waals surface area contributed by atoms with Gasteiger partial charge < -0.3 is 24.2 Å². The minimum atomic E-state index is -0.803. The van der Waals surface area contributed by atoms with Crippen LogP contribution in [0.3, 0.4) is 0 Å². The van der Waals surface area contributed by atoms with Crippen LogP contribution in [0.25, 0.3) is 21.3 Å². The largest absolute Gasteiger partial charge is 0.493 e. The molecule has 12 nitrogen and oxygen atoms in total. The molecule has 5 aromatic rings. The predicted molar refractivity (Wildman–Crippen MR) is 230 cm³/mol. The molecule has 1 amide bonds. The third-order valence-electron chi connectivity index (χ3n) is 10.9. The van der Waals surface area contributed by atoms with E-state index in [4.69, 9.17) is 19.2 Å². The fourth-order valence-corrected chi connectivity index (χ4v) is 8.68. The van der Waals surface area contributed by atoms with Crippen molar-refractivity contribution < 1.29 is 33.7 Å². The molecule has 3 aromatic carbocycles. The van der Waals surface area contributed by atoms with Gasteiger partial charge in [0.2, 0.25) is 0 Å². The first kappa shape index (κ1) is 41.8. The lowest BCUT2D eigenvalue weighted by atomic mass is 9.87. The van der Waals surface area contributed by atoms with Crippen LogP contribution in [0.5, 0.6) is 5.75 Å². The van der Waals surface area contributed by atoms with Gasteiger partial charge in [-0.2, -0.15) is 0 Å². The first-order valence-electron chi connectivity index (χ1n) is 20.4. The minimum absolute atomic E-state index is 0.196. The molecule has 2 N–H and O–H groups in total. The molecule has 0 bridgehead atoms. The van der Waals surface area contributed by atoms with Crippen LogP contribution in [0.4, 0.5) is 10.9 Å². The number of ether oxygens (including phenoxy) is 3. The second-order valence-electron chi connectivity index (χ2n) is 16.3. The molecule has 13 heteroatoms. The van der Waals surface area contributed by atoms with Crippen molar-refractivity contribution in [3.8, 4) is 16.9 Å². The summed E-state index contributed by atoms with van der Waals surface area (Å²) in [5, 5.41) is 14.8. The lowest BCUT2D eigenvalue weighted by Gasteiger charge is -2.37. The van der Waals surface area contributed by atoms with E-state index in [9.17, 15) is 19.5 Å².